The van der Waals surface area contributed by atoms with Crippen LogP contribution in [0.5, 0.6) is 0 Å². The fourth-order valence-electron chi connectivity index (χ4n) is 2.57. The molecule has 0 aromatic carbocycles. The number of carbonyl (C=O) groups excluding carboxylic acids is 3. The average Bonchev–Trinajstić information content (AvgIpc) is 2.92. The molecular formula is C12H16N2O3. The fraction of sp³-hybridized carbons (Fsp3) is 0.750. The average molecular weight is 236 g/mol. The molecule has 1 aliphatic heterocycles. The summed E-state index contributed by atoms with van der Waals surface area (Å²) in [6, 6.07) is -0.340. The molecule has 0 aromatic rings. The third kappa shape index (κ3) is 1.83. The Bertz CT molecular complexity index is 385. The van der Waals surface area contributed by atoms with Crippen LogP contribution >= 0.6 is 0 Å². The summed E-state index contributed by atoms with van der Waals surface area (Å²) in [4.78, 5) is 36.9. The molecule has 1 N–H and O–H groups in total. The van der Waals surface area contributed by atoms with Crippen LogP contribution in [0.2, 0.25) is 0 Å². The van der Waals surface area contributed by atoms with E-state index in [0.717, 1.165) is 32.1 Å². The smallest absolute Gasteiger partial charge is 0.249 e. The lowest BCUT2D eigenvalue weighted by Gasteiger charge is -2.34. The van der Waals surface area contributed by atoms with Crippen LogP contribution in [0, 0.1) is 5.92 Å². The van der Waals surface area contributed by atoms with Crippen molar-refractivity contribution in [3.8, 4) is 0 Å². The van der Waals surface area contributed by atoms with Gasteiger partial charge in [-0.2, -0.15) is 0 Å². The summed E-state index contributed by atoms with van der Waals surface area (Å²) in [6.45, 7) is 0. The van der Waals surface area contributed by atoms with Gasteiger partial charge in [0.05, 0.1) is 6.42 Å². The van der Waals surface area contributed by atoms with E-state index in [2.05, 4.69) is 5.32 Å². The molecule has 3 rings (SSSR count). The molecule has 0 spiro atoms. The van der Waals surface area contributed by atoms with Gasteiger partial charge < -0.3 is 4.90 Å². The minimum Gasteiger partial charge on any atom is -0.327 e. The van der Waals surface area contributed by atoms with Crippen molar-refractivity contribution in [3.05, 3.63) is 0 Å². The minimum absolute atomic E-state index is 0.0913. The highest BCUT2D eigenvalue weighted by molar-refractivity contribution is 6.07. The molecule has 0 unspecified atom stereocenters. The van der Waals surface area contributed by atoms with E-state index in [1.54, 1.807) is 4.90 Å². The fourth-order valence-corrected chi connectivity index (χ4v) is 2.57. The maximum atomic E-state index is 12.3. The number of hydrogen-bond donors (Lipinski definition) is 1. The zero-order valence-electron chi connectivity index (χ0n) is 9.65. The van der Waals surface area contributed by atoms with Crippen molar-refractivity contribution >= 4 is 17.7 Å². The first kappa shape index (κ1) is 10.7. The van der Waals surface area contributed by atoms with Crippen molar-refractivity contribution in [2.75, 3.05) is 0 Å². The van der Waals surface area contributed by atoms with Gasteiger partial charge in [0.1, 0.15) is 6.04 Å². The van der Waals surface area contributed by atoms with Gasteiger partial charge in [-0.15, -0.1) is 0 Å². The first-order chi connectivity index (χ1) is 8.16. The quantitative estimate of drug-likeness (QED) is 0.711. The molecule has 5 nitrogen and oxygen atoms in total. The van der Waals surface area contributed by atoms with E-state index in [0.29, 0.717) is 0 Å². The molecule has 0 radical (unpaired) electrons. The highest BCUT2D eigenvalue weighted by Crippen LogP contribution is 2.36. The van der Waals surface area contributed by atoms with E-state index in [1.807, 2.05) is 0 Å². The van der Waals surface area contributed by atoms with Gasteiger partial charge in [-0.1, -0.05) is 6.42 Å². The normalized spacial score (nSPS) is 28.8. The first-order valence-corrected chi connectivity index (χ1v) is 6.32. The summed E-state index contributed by atoms with van der Waals surface area (Å²) in [5.74, 6) is -0.366. The summed E-state index contributed by atoms with van der Waals surface area (Å²) in [5, 5.41) is 2.29. The van der Waals surface area contributed by atoms with Gasteiger partial charge in [0.2, 0.25) is 17.7 Å². The van der Waals surface area contributed by atoms with Crippen molar-refractivity contribution in [2.45, 2.75) is 50.6 Å². The number of nitrogens with zero attached hydrogens (tertiary/aromatic N) is 1. The zero-order chi connectivity index (χ0) is 12.0. The largest absolute Gasteiger partial charge is 0.327 e. The summed E-state index contributed by atoms with van der Waals surface area (Å²) >= 11 is 0. The predicted molar refractivity (Wildman–Crippen MR) is 58.8 cm³/mol. The topological polar surface area (TPSA) is 66.5 Å². The predicted octanol–water partition coefficient (Wildman–Crippen LogP) is 0.193. The highest BCUT2D eigenvalue weighted by Gasteiger charge is 2.46. The van der Waals surface area contributed by atoms with Crippen molar-refractivity contribution in [1.82, 2.24) is 10.2 Å². The second-order valence-electron chi connectivity index (χ2n) is 5.24. The standard InChI is InChI=1S/C12H16N2O3/c15-10-6-9(11(16)13-10)14(8-4-5-8)12(17)7-2-1-3-7/h7-9H,1-6H2,(H,13,15,16)/t9-/m0/s1. The molecule has 0 bridgehead atoms. The van der Waals surface area contributed by atoms with Gasteiger partial charge >= 0.3 is 0 Å². The van der Waals surface area contributed by atoms with Gasteiger partial charge in [-0.25, -0.2) is 0 Å². The van der Waals surface area contributed by atoms with Crippen molar-refractivity contribution < 1.29 is 14.4 Å². The Morgan fingerprint density at radius 3 is 2.29 bits per heavy atom. The van der Waals surface area contributed by atoms with Crippen molar-refractivity contribution in [1.29, 1.82) is 0 Å². The second kappa shape index (κ2) is 3.82. The summed E-state index contributed by atoms with van der Waals surface area (Å²) in [7, 11) is 0. The monoisotopic (exact) mass is 236 g/mol. The molecular weight excluding hydrogens is 220 g/mol. The van der Waals surface area contributed by atoms with Crippen LogP contribution in [-0.4, -0.2) is 34.7 Å². The van der Waals surface area contributed by atoms with Crippen molar-refractivity contribution in [3.63, 3.8) is 0 Å². The molecule has 2 aliphatic carbocycles. The third-order valence-corrected chi connectivity index (χ3v) is 3.93. The van der Waals surface area contributed by atoms with Gasteiger partial charge in [0, 0.05) is 12.0 Å². The number of rotatable bonds is 3. The molecule has 1 saturated heterocycles. The van der Waals surface area contributed by atoms with Gasteiger partial charge in [0.15, 0.2) is 0 Å². The minimum atomic E-state index is -0.539. The lowest BCUT2D eigenvalue weighted by Crippen LogP contribution is -2.49. The van der Waals surface area contributed by atoms with E-state index >= 15 is 0 Å². The van der Waals surface area contributed by atoms with E-state index in [9.17, 15) is 14.4 Å². The maximum Gasteiger partial charge on any atom is 0.249 e. The molecule has 92 valence electrons. The number of nitrogens with one attached hydrogen (secondary N) is 1. The number of hydrogen-bond acceptors (Lipinski definition) is 3. The van der Waals surface area contributed by atoms with E-state index in [1.165, 1.54) is 0 Å². The molecule has 2 saturated carbocycles. The Hall–Kier alpha value is -1.39. The molecule has 5 heteroatoms. The Labute approximate surface area is 99.5 Å². The molecule has 3 amide bonds. The molecule has 0 aromatic heterocycles. The van der Waals surface area contributed by atoms with E-state index in [-0.39, 0.29) is 36.1 Å². The lowest BCUT2D eigenvalue weighted by atomic mass is 9.84. The lowest BCUT2D eigenvalue weighted by molar-refractivity contribution is -0.145. The summed E-state index contributed by atoms with van der Waals surface area (Å²) < 4.78 is 0. The van der Waals surface area contributed by atoms with Crippen molar-refractivity contribution in [2.24, 2.45) is 5.92 Å². The Morgan fingerprint density at radius 1 is 1.18 bits per heavy atom. The van der Waals surface area contributed by atoms with Crippen LogP contribution < -0.4 is 5.32 Å². The van der Waals surface area contributed by atoms with Crippen LogP contribution in [0.3, 0.4) is 0 Å². The second-order valence-corrected chi connectivity index (χ2v) is 5.24. The van der Waals surface area contributed by atoms with Gasteiger partial charge in [0.25, 0.3) is 0 Å². The zero-order valence-corrected chi connectivity index (χ0v) is 9.65. The summed E-state index contributed by atoms with van der Waals surface area (Å²) in [5.41, 5.74) is 0. The number of carbonyl (C=O) groups is 3. The maximum absolute atomic E-state index is 12.3. The SMILES string of the molecule is O=C1C[C@H](N(C(=O)C2CCC2)C2CC2)C(=O)N1. The Morgan fingerprint density at radius 2 is 1.88 bits per heavy atom. The first-order valence-electron chi connectivity index (χ1n) is 6.32. The molecule has 3 aliphatic rings. The van der Waals surface area contributed by atoms with Crippen LogP contribution in [0.25, 0.3) is 0 Å². The van der Waals surface area contributed by atoms with Crippen LogP contribution in [0.4, 0.5) is 0 Å². The molecule has 17 heavy (non-hydrogen) atoms. The summed E-state index contributed by atoms with van der Waals surface area (Å²) in [6.07, 6.45) is 5.06. The van der Waals surface area contributed by atoms with Crippen LogP contribution in [-0.2, 0) is 14.4 Å². The third-order valence-electron chi connectivity index (χ3n) is 3.93. The number of amides is 3. The highest BCUT2D eigenvalue weighted by atomic mass is 16.2. The molecule has 1 atom stereocenters. The van der Waals surface area contributed by atoms with Crippen LogP contribution in [0.15, 0.2) is 0 Å². The van der Waals surface area contributed by atoms with Gasteiger partial charge in [-0.3, -0.25) is 19.7 Å². The van der Waals surface area contributed by atoms with E-state index < -0.39 is 6.04 Å². The Kier molecular flexibility index (Phi) is 2.42. The molecule has 3 fully saturated rings. The number of imide groups is 1. The molecule has 1 heterocycles. The van der Waals surface area contributed by atoms with Crippen LogP contribution in [0.1, 0.15) is 38.5 Å². The van der Waals surface area contributed by atoms with E-state index in [4.69, 9.17) is 0 Å². The van der Waals surface area contributed by atoms with Gasteiger partial charge in [-0.05, 0) is 25.7 Å². The Balaban J connectivity index is 1.77.